The molecule has 0 radical (unpaired) electrons. The van der Waals surface area contributed by atoms with Gasteiger partial charge in [-0.1, -0.05) is 35.3 Å². The van der Waals surface area contributed by atoms with Gasteiger partial charge in [-0.15, -0.1) is 0 Å². The smallest absolute Gasteiger partial charge is 0.146 e. The van der Waals surface area contributed by atoms with Crippen molar-refractivity contribution in [3.63, 3.8) is 0 Å². The number of halogens is 2. The Kier molecular flexibility index (Phi) is 3.60. The highest BCUT2D eigenvalue weighted by Gasteiger charge is 2.06. The highest BCUT2D eigenvalue weighted by molar-refractivity contribution is 6.33. The molecule has 0 bridgehead atoms. The monoisotopic (exact) mass is 266 g/mol. The van der Waals surface area contributed by atoms with E-state index in [9.17, 15) is 0 Å². The van der Waals surface area contributed by atoms with E-state index in [2.05, 4.69) is 0 Å². The molecule has 17 heavy (non-hydrogen) atoms. The van der Waals surface area contributed by atoms with Crippen LogP contribution in [-0.4, -0.2) is 0 Å². The van der Waals surface area contributed by atoms with E-state index in [0.29, 0.717) is 21.5 Å². The Hall–Kier alpha value is -1.18. The molecule has 0 aliphatic rings. The average molecular weight is 267 g/mol. The molecule has 0 fully saturated rings. The summed E-state index contributed by atoms with van der Waals surface area (Å²) in [5.74, 6) is 1.23. The summed E-state index contributed by atoms with van der Waals surface area (Å²) in [5, 5.41) is 1.17. The number of ether oxygens (including phenoxy) is 1. The molecule has 0 spiro atoms. The van der Waals surface area contributed by atoms with Crippen molar-refractivity contribution in [2.45, 2.75) is 13.8 Å². The molecule has 0 unspecified atom stereocenters. The van der Waals surface area contributed by atoms with Gasteiger partial charge in [-0.2, -0.15) is 0 Å². The van der Waals surface area contributed by atoms with Crippen LogP contribution in [0, 0.1) is 13.8 Å². The first-order valence-corrected chi connectivity index (χ1v) is 6.02. The van der Waals surface area contributed by atoms with Crippen molar-refractivity contribution in [2.24, 2.45) is 0 Å². The van der Waals surface area contributed by atoms with Crippen LogP contribution in [-0.2, 0) is 0 Å². The van der Waals surface area contributed by atoms with Crippen LogP contribution in [0.15, 0.2) is 36.4 Å². The second kappa shape index (κ2) is 4.99. The van der Waals surface area contributed by atoms with Gasteiger partial charge < -0.3 is 4.74 Å². The molecule has 88 valence electrons. The minimum atomic E-state index is 0.585. The Morgan fingerprint density at radius 1 is 0.765 bits per heavy atom. The van der Waals surface area contributed by atoms with Crippen LogP contribution in [0.1, 0.15) is 11.1 Å². The molecule has 0 heterocycles. The number of rotatable bonds is 2. The van der Waals surface area contributed by atoms with Gasteiger partial charge in [-0.05, 0) is 49.2 Å². The predicted molar refractivity (Wildman–Crippen MR) is 72.5 cm³/mol. The van der Waals surface area contributed by atoms with Crippen molar-refractivity contribution in [1.82, 2.24) is 0 Å². The molecular formula is C14H12Cl2O. The van der Waals surface area contributed by atoms with Gasteiger partial charge in [0.25, 0.3) is 0 Å². The van der Waals surface area contributed by atoms with E-state index in [1.54, 1.807) is 0 Å². The zero-order valence-corrected chi connectivity index (χ0v) is 11.1. The maximum absolute atomic E-state index is 6.09. The van der Waals surface area contributed by atoms with Gasteiger partial charge in [0, 0.05) is 0 Å². The van der Waals surface area contributed by atoms with Crippen molar-refractivity contribution >= 4 is 23.2 Å². The molecule has 2 aromatic carbocycles. The number of aryl methyl sites for hydroxylation is 2. The van der Waals surface area contributed by atoms with Crippen molar-refractivity contribution in [3.05, 3.63) is 57.6 Å². The second-order valence-electron chi connectivity index (χ2n) is 3.97. The largest absolute Gasteiger partial charge is 0.454 e. The normalized spacial score (nSPS) is 10.4. The topological polar surface area (TPSA) is 9.23 Å². The molecule has 2 aromatic rings. The van der Waals surface area contributed by atoms with Gasteiger partial charge >= 0.3 is 0 Å². The van der Waals surface area contributed by atoms with E-state index < -0.39 is 0 Å². The zero-order valence-electron chi connectivity index (χ0n) is 9.63. The van der Waals surface area contributed by atoms with E-state index in [1.807, 2.05) is 50.2 Å². The standard InChI is InChI=1S/C14H12Cl2O/c1-9-3-5-13(11(15)7-9)17-14-6-4-10(2)8-12(14)16/h3-8H,1-2H3. The first-order valence-electron chi connectivity index (χ1n) is 5.26. The summed E-state index contributed by atoms with van der Waals surface area (Å²) in [7, 11) is 0. The Labute approximate surface area is 111 Å². The third-order valence-electron chi connectivity index (χ3n) is 2.39. The van der Waals surface area contributed by atoms with Crippen LogP contribution in [0.5, 0.6) is 11.5 Å². The van der Waals surface area contributed by atoms with Crippen molar-refractivity contribution in [1.29, 1.82) is 0 Å². The molecule has 0 saturated carbocycles. The fourth-order valence-corrected chi connectivity index (χ4v) is 2.04. The van der Waals surface area contributed by atoms with E-state index in [1.165, 1.54) is 0 Å². The zero-order chi connectivity index (χ0) is 12.4. The number of hydrogen-bond acceptors (Lipinski definition) is 1. The highest BCUT2D eigenvalue weighted by Crippen LogP contribution is 2.34. The summed E-state index contributed by atoms with van der Waals surface area (Å²) in [6.45, 7) is 3.96. The summed E-state index contributed by atoms with van der Waals surface area (Å²) in [4.78, 5) is 0. The van der Waals surface area contributed by atoms with E-state index in [-0.39, 0.29) is 0 Å². The van der Waals surface area contributed by atoms with Crippen molar-refractivity contribution in [3.8, 4) is 11.5 Å². The SMILES string of the molecule is Cc1ccc(Oc2ccc(C)cc2Cl)c(Cl)c1. The maximum Gasteiger partial charge on any atom is 0.146 e. The second-order valence-corrected chi connectivity index (χ2v) is 4.78. The van der Waals surface area contributed by atoms with Crippen molar-refractivity contribution < 1.29 is 4.74 Å². The van der Waals surface area contributed by atoms with Crippen LogP contribution in [0.3, 0.4) is 0 Å². The third-order valence-corrected chi connectivity index (χ3v) is 2.99. The first-order chi connectivity index (χ1) is 8.06. The van der Waals surface area contributed by atoms with Crippen LogP contribution in [0.25, 0.3) is 0 Å². The summed E-state index contributed by atoms with van der Waals surface area (Å²) in [5.41, 5.74) is 2.19. The van der Waals surface area contributed by atoms with Gasteiger partial charge in [-0.3, -0.25) is 0 Å². The summed E-state index contributed by atoms with van der Waals surface area (Å²) < 4.78 is 5.69. The summed E-state index contributed by atoms with van der Waals surface area (Å²) in [6.07, 6.45) is 0. The Morgan fingerprint density at radius 2 is 1.18 bits per heavy atom. The molecule has 0 atom stereocenters. The van der Waals surface area contributed by atoms with Gasteiger partial charge in [0.15, 0.2) is 0 Å². The lowest BCUT2D eigenvalue weighted by molar-refractivity contribution is 0.483. The van der Waals surface area contributed by atoms with Crippen LogP contribution in [0.4, 0.5) is 0 Å². The molecule has 0 saturated heterocycles. The van der Waals surface area contributed by atoms with E-state index >= 15 is 0 Å². The molecule has 0 amide bonds. The Bertz CT molecular complexity index is 500. The molecule has 2 rings (SSSR count). The fraction of sp³-hybridized carbons (Fsp3) is 0.143. The summed E-state index contributed by atoms with van der Waals surface area (Å²) in [6, 6.07) is 11.3. The average Bonchev–Trinajstić information content (AvgIpc) is 2.25. The quantitative estimate of drug-likeness (QED) is 0.707. The molecule has 1 nitrogen and oxygen atoms in total. The Morgan fingerprint density at radius 3 is 1.53 bits per heavy atom. The van der Waals surface area contributed by atoms with Crippen LogP contribution in [0.2, 0.25) is 10.0 Å². The first kappa shape index (κ1) is 12.3. The summed E-state index contributed by atoms with van der Waals surface area (Å²) >= 11 is 12.2. The predicted octanol–water partition coefficient (Wildman–Crippen LogP) is 5.40. The van der Waals surface area contributed by atoms with Gasteiger partial charge in [0.2, 0.25) is 0 Å². The fourth-order valence-electron chi connectivity index (χ4n) is 1.50. The Balaban J connectivity index is 2.31. The van der Waals surface area contributed by atoms with Gasteiger partial charge in [0.1, 0.15) is 11.5 Å². The lowest BCUT2D eigenvalue weighted by Crippen LogP contribution is -1.87. The molecule has 0 aliphatic heterocycles. The molecule has 0 aromatic heterocycles. The molecule has 0 N–H and O–H groups in total. The maximum atomic E-state index is 6.09. The molecular weight excluding hydrogens is 255 g/mol. The van der Waals surface area contributed by atoms with E-state index in [0.717, 1.165) is 11.1 Å². The highest BCUT2D eigenvalue weighted by atomic mass is 35.5. The number of benzene rings is 2. The molecule has 0 aliphatic carbocycles. The lowest BCUT2D eigenvalue weighted by Gasteiger charge is -2.10. The molecule has 3 heteroatoms. The number of hydrogen-bond donors (Lipinski definition) is 0. The van der Waals surface area contributed by atoms with Crippen LogP contribution < -0.4 is 4.74 Å². The lowest BCUT2D eigenvalue weighted by atomic mass is 10.2. The van der Waals surface area contributed by atoms with Crippen molar-refractivity contribution in [2.75, 3.05) is 0 Å². The van der Waals surface area contributed by atoms with Gasteiger partial charge in [-0.25, -0.2) is 0 Å². The van der Waals surface area contributed by atoms with Crippen LogP contribution >= 0.6 is 23.2 Å². The minimum Gasteiger partial charge on any atom is -0.454 e. The minimum absolute atomic E-state index is 0.585. The van der Waals surface area contributed by atoms with E-state index in [4.69, 9.17) is 27.9 Å². The third kappa shape index (κ3) is 2.93. The van der Waals surface area contributed by atoms with Gasteiger partial charge in [0.05, 0.1) is 10.0 Å².